The van der Waals surface area contributed by atoms with Crippen LogP contribution >= 0.6 is 0 Å². The van der Waals surface area contributed by atoms with Gasteiger partial charge >= 0.3 is 0 Å². The van der Waals surface area contributed by atoms with Crippen molar-refractivity contribution in [2.45, 2.75) is 18.9 Å². The third-order valence-corrected chi connectivity index (χ3v) is 2.41. The second-order valence-corrected chi connectivity index (χ2v) is 3.51. The summed E-state index contributed by atoms with van der Waals surface area (Å²) in [7, 11) is 2.04. The summed E-state index contributed by atoms with van der Waals surface area (Å²) in [5.74, 6) is 0.911. The van der Waals surface area contributed by atoms with Crippen LogP contribution in [0.15, 0.2) is 12.3 Å². The topological polar surface area (TPSA) is 68.2 Å². The van der Waals surface area contributed by atoms with E-state index in [0.29, 0.717) is 17.4 Å². The van der Waals surface area contributed by atoms with E-state index in [-0.39, 0.29) is 0 Å². The van der Waals surface area contributed by atoms with Gasteiger partial charge in [0.25, 0.3) is 0 Å². The van der Waals surface area contributed by atoms with Crippen LogP contribution in [0, 0.1) is 0 Å². The predicted molar refractivity (Wildman–Crippen MR) is 54.5 cm³/mol. The molecule has 13 heavy (non-hydrogen) atoms. The molecule has 1 saturated carbocycles. The molecule has 1 fully saturated rings. The zero-order chi connectivity index (χ0) is 9.42. The van der Waals surface area contributed by atoms with E-state index < -0.39 is 0 Å². The van der Waals surface area contributed by atoms with Gasteiger partial charge in [-0.25, -0.2) is 4.98 Å². The number of anilines is 3. The lowest BCUT2D eigenvalue weighted by Crippen LogP contribution is -2.20. The first-order valence-electron chi connectivity index (χ1n) is 4.42. The van der Waals surface area contributed by atoms with Gasteiger partial charge in [0.2, 0.25) is 0 Å². The van der Waals surface area contributed by atoms with Crippen LogP contribution < -0.4 is 16.4 Å². The van der Waals surface area contributed by atoms with Crippen LogP contribution in [0.1, 0.15) is 12.8 Å². The molecule has 0 spiro atoms. The average Bonchev–Trinajstić information content (AvgIpc) is 2.91. The fraction of sp³-hybridized carbons (Fsp3) is 0.444. The van der Waals surface area contributed by atoms with Gasteiger partial charge in [-0.15, -0.1) is 0 Å². The summed E-state index contributed by atoms with van der Waals surface area (Å²) in [6, 6.07) is 2.48. The van der Waals surface area contributed by atoms with E-state index in [4.69, 9.17) is 11.5 Å². The minimum Gasteiger partial charge on any atom is -0.397 e. The first kappa shape index (κ1) is 8.16. The molecule has 1 aromatic rings. The van der Waals surface area contributed by atoms with Gasteiger partial charge in [0, 0.05) is 19.2 Å². The summed E-state index contributed by atoms with van der Waals surface area (Å²) < 4.78 is 0. The van der Waals surface area contributed by atoms with Crippen molar-refractivity contribution >= 4 is 17.2 Å². The molecule has 0 aromatic carbocycles. The van der Waals surface area contributed by atoms with E-state index >= 15 is 0 Å². The molecule has 0 unspecified atom stereocenters. The Hall–Kier alpha value is -1.45. The van der Waals surface area contributed by atoms with Gasteiger partial charge in [0.1, 0.15) is 5.82 Å². The monoisotopic (exact) mass is 178 g/mol. The second kappa shape index (κ2) is 2.80. The lowest BCUT2D eigenvalue weighted by molar-refractivity contribution is 0.893. The number of aromatic nitrogens is 1. The highest BCUT2D eigenvalue weighted by Gasteiger charge is 2.27. The van der Waals surface area contributed by atoms with Crippen molar-refractivity contribution in [1.29, 1.82) is 0 Å². The number of hydrogen-bond donors (Lipinski definition) is 2. The summed E-state index contributed by atoms with van der Waals surface area (Å²) in [5.41, 5.74) is 12.4. The molecular formula is C9H14N4. The molecule has 1 aliphatic carbocycles. The number of pyridine rings is 1. The van der Waals surface area contributed by atoms with Crippen molar-refractivity contribution in [1.82, 2.24) is 4.98 Å². The predicted octanol–water partition coefficient (Wildman–Crippen LogP) is 0.845. The first-order valence-corrected chi connectivity index (χ1v) is 4.42. The van der Waals surface area contributed by atoms with Crippen molar-refractivity contribution < 1.29 is 0 Å². The van der Waals surface area contributed by atoms with Gasteiger partial charge in [0.15, 0.2) is 0 Å². The number of nitrogen functional groups attached to an aromatic ring is 2. The molecule has 2 rings (SSSR count). The Morgan fingerprint density at radius 1 is 1.38 bits per heavy atom. The molecule has 0 bridgehead atoms. The summed E-state index contributed by atoms with van der Waals surface area (Å²) in [6.45, 7) is 0. The van der Waals surface area contributed by atoms with Crippen LogP contribution in [0.2, 0.25) is 0 Å². The maximum Gasteiger partial charge on any atom is 0.130 e. The van der Waals surface area contributed by atoms with E-state index in [1.807, 2.05) is 13.1 Å². The molecule has 4 nitrogen and oxygen atoms in total. The Morgan fingerprint density at radius 2 is 2.08 bits per heavy atom. The molecule has 1 heterocycles. The van der Waals surface area contributed by atoms with E-state index in [2.05, 4.69) is 9.88 Å². The smallest absolute Gasteiger partial charge is 0.130 e. The summed E-state index contributed by atoms with van der Waals surface area (Å²) >= 11 is 0. The Labute approximate surface area is 77.5 Å². The van der Waals surface area contributed by atoms with Gasteiger partial charge in [0.05, 0.1) is 17.6 Å². The lowest BCUT2D eigenvalue weighted by Gasteiger charge is -2.17. The quantitative estimate of drug-likeness (QED) is 0.704. The minimum absolute atomic E-state index is 0.549. The maximum absolute atomic E-state index is 5.69. The zero-order valence-electron chi connectivity index (χ0n) is 7.70. The molecule has 70 valence electrons. The van der Waals surface area contributed by atoms with Crippen molar-refractivity contribution in [3.63, 3.8) is 0 Å². The number of nitrogens with two attached hydrogens (primary N) is 2. The molecule has 1 aliphatic rings. The van der Waals surface area contributed by atoms with Crippen molar-refractivity contribution in [2.75, 3.05) is 23.4 Å². The average molecular weight is 178 g/mol. The van der Waals surface area contributed by atoms with Crippen LogP contribution in [0.25, 0.3) is 0 Å². The Balaban J connectivity index is 2.24. The third kappa shape index (κ3) is 1.52. The SMILES string of the molecule is CN(c1cc(N)c(N)cn1)C1CC1. The van der Waals surface area contributed by atoms with Gasteiger partial charge in [-0.3, -0.25) is 0 Å². The molecule has 4 heteroatoms. The largest absolute Gasteiger partial charge is 0.397 e. The molecule has 4 N–H and O–H groups in total. The molecule has 0 saturated heterocycles. The van der Waals surface area contributed by atoms with Gasteiger partial charge < -0.3 is 16.4 Å². The molecule has 1 aromatic heterocycles. The van der Waals surface area contributed by atoms with Crippen LogP contribution in [-0.2, 0) is 0 Å². The Bertz CT molecular complexity index is 319. The second-order valence-electron chi connectivity index (χ2n) is 3.51. The van der Waals surface area contributed by atoms with Gasteiger partial charge in [-0.1, -0.05) is 0 Å². The first-order chi connectivity index (χ1) is 6.18. The summed E-state index contributed by atoms with van der Waals surface area (Å²) in [4.78, 5) is 6.37. The van der Waals surface area contributed by atoms with Crippen molar-refractivity contribution in [3.8, 4) is 0 Å². The van der Waals surface area contributed by atoms with Gasteiger partial charge in [-0.05, 0) is 12.8 Å². The summed E-state index contributed by atoms with van der Waals surface area (Å²) in [6.07, 6.45) is 4.12. The summed E-state index contributed by atoms with van der Waals surface area (Å²) in [5, 5.41) is 0. The van der Waals surface area contributed by atoms with Crippen molar-refractivity contribution in [3.05, 3.63) is 12.3 Å². The lowest BCUT2D eigenvalue weighted by atomic mass is 10.3. The molecule has 0 aliphatic heterocycles. The standard InChI is InChI=1S/C9H14N4/c1-13(6-2-3-6)9-4-7(10)8(11)5-12-9/h4-6H,2-3,11H2,1H3,(H2,10,12). The maximum atomic E-state index is 5.69. The highest BCUT2D eigenvalue weighted by Crippen LogP contribution is 2.30. The van der Waals surface area contributed by atoms with Crippen LogP contribution in [-0.4, -0.2) is 18.1 Å². The highest BCUT2D eigenvalue weighted by atomic mass is 15.2. The van der Waals surface area contributed by atoms with Crippen LogP contribution in [0.3, 0.4) is 0 Å². The van der Waals surface area contributed by atoms with E-state index in [1.54, 1.807) is 6.20 Å². The van der Waals surface area contributed by atoms with Gasteiger partial charge in [-0.2, -0.15) is 0 Å². The Kier molecular flexibility index (Phi) is 1.76. The zero-order valence-corrected chi connectivity index (χ0v) is 7.70. The van der Waals surface area contributed by atoms with E-state index in [9.17, 15) is 0 Å². The van der Waals surface area contributed by atoms with E-state index in [1.165, 1.54) is 12.8 Å². The van der Waals surface area contributed by atoms with Crippen LogP contribution in [0.4, 0.5) is 17.2 Å². The highest BCUT2D eigenvalue weighted by molar-refractivity contribution is 5.66. The fourth-order valence-electron chi connectivity index (χ4n) is 1.31. The molecular weight excluding hydrogens is 164 g/mol. The molecule has 0 amide bonds. The Morgan fingerprint density at radius 3 is 2.62 bits per heavy atom. The number of rotatable bonds is 2. The fourth-order valence-corrected chi connectivity index (χ4v) is 1.31. The normalized spacial score (nSPS) is 15.8. The minimum atomic E-state index is 0.549. The third-order valence-electron chi connectivity index (χ3n) is 2.41. The van der Waals surface area contributed by atoms with Crippen LogP contribution in [0.5, 0.6) is 0 Å². The molecule has 0 atom stereocenters. The number of nitrogens with zero attached hydrogens (tertiary/aromatic N) is 2. The van der Waals surface area contributed by atoms with E-state index in [0.717, 1.165) is 5.82 Å². The van der Waals surface area contributed by atoms with Crippen molar-refractivity contribution in [2.24, 2.45) is 0 Å². The number of hydrogen-bond acceptors (Lipinski definition) is 4. The molecule has 0 radical (unpaired) electrons.